The summed E-state index contributed by atoms with van der Waals surface area (Å²) in [5.41, 5.74) is 9.83. The summed E-state index contributed by atoms with van der Waals surface area (Å²) in [6.07, 6.45) is 2.03. The van der Waals surface area contributed by atoms with Crippen LogP contribution in [0.2, 0.25) is 0 Å². The molecule has 0 unspecified atom stereocenters. The van der Waals surface area contributed by atoms with E-state index in [0.717, 1.165) is 18.6 Å². The first-order valence-electron chi connectivity index (χ1n) is 5.77. The lowest BCUT2D eigenvalue weighted by Gasteiger charge is -2.19. The Labute approximate surface area is 98.8 Å². The van der Waals surface area contributed by atoms with Crippen LogP contribution in [0.4, 0.5) is 0 Å². The predicted molar refractivity (Wildman–Crippen MR) is 69.1 cm³/mol. The monoisotopic (exact) mass is 221 g/mol. The highest BCUT2D eigenvalue weighted by atomic mass is 16.5. The van der Waals surface area contributed by atoms with Crippen molar-refractivity contribution in [2.45, 2.75) is 46.1 Å². The van der Waals surface area contributed by atoms with Crippen molar-refractivity contribution in [1.82, 2.24) is 0 Å². The zero-order valence-corrected chi connectivity index (χ0v) is 11.1. The number of rotatable bonds is 4. The highest BCUT2D eigenvalue weighted by molar-refractivity contribution is 5.43. The largest absolute Gasteiger partial charge is 0.496 e. The standard InChI is InChI=1S/C14H23NO/c1-10-11(2)13(16-5)7-6-12(10)8-9-14(3,4)15/h6-7H,8-9,15H2,1-5H3. The Morgan fingerprint density at radius 3 is 2.31 bits per heavy atom. The lowest BCUT2D eigenvalue weighted by molar-refractivity contribution is 0.411. The Morgan fingerprint density at radius 2 is 1.81 bits per heavy atom. The van der Waals surface area contributed by atoms with Crippen LogP contribution in [0, 0.1) is 13.8 Å². The number of benzene rings is 1. The van der Waals surface area contributed by atoms with E-state index in [0.29, 0.717) is 0 Å². The average Bonchev–Trinajstić information content (AvgIpc) is 2.19. The first-order chi connectivity index (χ1) is 7.35. The van der Waals surface area contributed by atoms with Crippen molar-refractivity contribution in [3.05, 3.63) is 28.8 Å². The van der Waals surface area contributed by atoms with Crippen LogP contribution in [-0.2, 0) is 6.42 Å². The van der Waals surface area contributed by atoms with Gasteiger partial charge in [0.25, 0.3) is 0 Å². The number of methoxy groups -OCH3 is 1. The van der Waals surface area contributed by atoms with Gasteiger partial charge < -0.3 is 10.5 Å². The topological polar surface area (TPSA) is 35.2 Å². The molecule has 0 saturated heterocycles. The first kappa shape index (κ1) is 13.0. The maximum Gasteiger partial charge on any atom is 0.122 e. The second-order valence-corrected chi connectivity index (χ2v) is 5.17. The summed E-state index contributed by atoms with van der Waals surface area (Å²) in [6.45, 7) is 8.39. The lowest BCUT2D eigenvalue weighted by atomic mass is 9.93. The molecular weight excluding hydrogens is 198 g/mol. The van der Waals surface area contributed by atoms with E-state index in [1.165, 1.54) is 16.7 Å². The number of aryl methyl sites for hydroxylation is 1. The molecule has 0 spiro atoms. The zero-order valence-electron chi connectivity index (χ0n) is 11.1. The second-order valence-electron chi connectivity index (χ2n) is 5.17. The molecule has 0 heterocycles. The van der Waals surface area contributed by atoms with Gasteiger partial charge in [0.1, 0.15) is 5.75 Å². The molecule has 90 valence electrons. The minimum atomic E-state index is -0.0970. The number of ether oxygens (including phenoxy) is 1. The van der Waals surface area contributed by atoms with E-state index >= 15 is 0 Å². The number of hydrogen-bond donors (Lipinski definition) is 1. The molecule has 0 bridgehead atoms. The number of hydrogen-bond acceptors (Lipinski definition) is 2. The van der Waals surface area contributed by atoms with Crippen molar-refractivity contribution in [2.24, 2.45) is 5.73 Å². The lowest BCUT2D eigenvalue weighted by Crippen LogP contribution is -2.32. The maximum absolute atomic E-state index is 6.00. The van der Waals surface area contributed by atoms with Crippen molar-refractivity contribution in [3.63, 3.8) is 0 Å². The van der Waals surface area contributed by atoms with Crippen LogP contribution in [0.15, 0.2) is 12.1 Å². The third kappa shape index (κ3) is 3.24. The Hall–Kier alpha value is -1.02. The zero-order chi connectivity index (χ0) is 12.3. The van der Waals surface area contributed by atoms with Gasteiger partial charge in [-0.3, -0.25) is 0 Å². The molecule has 2 heteroatoms. The molecular formula is C14H23NO. The van der Waals surface area contributed by atoms with Gasteiger partial charge in [0.2, 0.25) is 0 Å². The van der Waals surface area contributed by atoms with Gasteiger partial charge in [-0.25, -0.2) is 0 Å². The van der Waals surface area contributed by atoms with E-state index in [1.54, 1.807) is 7.11 Å². The van der Waals surface area contributed by atoms with E-state index < -0.39 is 0 Å². The van der Waals surface area contributed by atoms with Crippen LogP contribution >= 0.6 is 0 Å². The van der Waals surface area contributed by atoms with Gasteiger partial charge in [0.15, 0.2) is 0 Å². The van der Waals surface area contributed by atoms with Crippen molar-refractivity contribution < 1.29 is 4.74 Å². The van der Waals surface area contributed by atoms with Crippen molar-refractivity contribution in [2.75, 3.05) is 7.11 Å². The summed E-state index contributed by atoms with van der Waals surface area (Å²) >= 11 is 0. The fraction of sp³-hybridized carbons (Fsp3) is 0.571. The normalized spacial score (nSPS) is 11.6. The smallest absolute Gasteiger partial charge is 0.122 e. The fourth-order valence-corrected chi connectivity index (χ4v) is 1.80. The molecule has 1 aromatic carbocycles. The van der Waals surface area contributed by atoms with Gasteiger partial charge in [-0.15, -0.1) is 0 Å². The Balaban J connectivity index is 2.87. The molecule has 2 nitrogen and oxygen atoms in total. The van der Waals surface area contributed by atoms with Gasteiger partial charge in [0.05, 0.1) is 7.11 Å². The molecule has 0 radical (unpaired) electrons. The van der Waals surface area contributed by atoms with Gasteiger partial charge in [0, 0.05) is 5.54 Å². The average molecular weight is 221 g/mol. The molecule has 0 aromatic heterocycles. The van der Waals surface area contributed by atoms with Crippen molar-refractivity contribution >= 4 is 0 Å². The summed E-state index contributed by atoms with van der Waals surface area (Å²) in [7, 11) is 1.71. The van der Waals surface area contributed by atoms with Gasteiger partial charge in [-0.05, 0) is 63.3 Å². The van der Waals surface area contributed by atoms with Crippen molar-refractivity contribution in [3.8, 4) is 5.75 Å². The Bertz CT molecular complexity index is 364. The fourth-order valence-electron chi connectivity index (χ4n) is 1.80. The summed E-state index contributed by atoms with van der Waals surface area (Å²) in [6, 6.07) is 4.19. The summed E-state index contributed by atoms with van der Waals surface area (Å²) in [5, 5.41) is 0. The molecule has 0 saturated carbocycles. The molecule has 1 aromatic rings. The predicted octanol–water partition coefficient (Wildman–Crippen LogP) is 2.98. The molecule has 1 rings (SSSR count). The third-order valence-corrected chi connectivity index (χ3v) is 3.11. The summed E-state index contributed by atoms with van der Waals surface area (Å²) in [4.78, 5) is 0. The van der Waals surface area contributed by atoms with Crippen molar-refractivity contribution in [1.29, 1.82) is 0 Å². The first-order valence-corrected chi connectivity index (χ1v) is 5.77. The molecule has 0 aliphatic heterocycles. The van der Waals surface area contributed by atoms with Crippen LogP contribution in [-0.4, -0.2) is 12.6 Å². The molecule has 0 fully saturated rings. The SMILES string of the molecule is COc1ccc(CCC(C)(C)N)c(C)c1C. The number of nitrogens with two attached hydrogens (primary N) is 1. The van der Waals surface area contributed by atoms with E-state index in [9.17, 15) is 0 Å². The van der Waals surface area contributed by atoms with E-state index in [-0.39, 0.29) is 5.54 Å². The van der Waals surface area contributed by atoms with Crippen LogP contribution in [0.3, 0.4) is 0 Å². The van der Waals surface area contributed by atoms with Gasteiger partial charge in [-0.2, -0.15) is 0 Å². The van der Waals surface area contributed by atoms with E-state index in [4.69, 9.17) is 10.5 Å². The minimum absolute atomic E-state index is 0.0970. The Kier molecular flexibility index (Phi) is 3.98. The summed E-state index contributed by atoms with van der Waals surface area (Å²) in [5.74, 6) is 0.966. The van der Waals surface area contributed by atoms with Crippen LogP contribution in [0.25, 0.3) is 0 Å². The minimum Gasteiger partial charge on any atom is -0.496 e. The van der Waals surface area contributed by atoms with Gasteiger partial charge >= 0.3 is 0 Å². The maximum atomic E-state index is 6.00. The van der Waals surface area contributed by atoms with Crippen LogP contribution < -0.4 is 10.5 Å². The quantitative estimate of drug-likeness (QED) is 0.848. The van der Waals surface area contributed by atoms with Gasteiger partial charge in [-0.1, -0.05) is 6.07 Å². The second kappa shape index (κ2) is 4.88. The highest BCUT2D eigenvalue weighted by Gasteiger charge is 2.12. The van der Waals surface area contributed by atoms with Crippen LogP contribution in [0.1, 0.15) is 37.0 Å². The highest BCUT2D eigenvalue weighted by Crippen LogP contribution is 2.25. The van der Waals surface area contributed by atoms with E-state index in [2.05, 4.69) is 33.8 Å². The van der Waals surface area contributed by atoms with E-state index in [1.807, 2.05) is 6.07 Å². The molecule has 0 aliphatic rings. The summed E-state index contributed by atoms with van der Waals surface area (Å²) < 4.78 is 5.30. The molecule has 0 atom stereocenters. The molecule has 2 N–H and O–H groups in total. The molecule has 0 amide bonds. The molecule has 16 heavy (non-hydrogen) atoms. The molecule has 0 aliphatic carbocycles. The van der Waals surface area contributed by atoms with Crippen LogP contribution in [0.5, 0.6) is 5.75 Å². The third-order valence-electron chi connectivity index (χ3n) is 3.11. The Morgan fingerprint density at radius 1 is 1.19 bits per heavy atom.